The molecule has 0 saturated heterocycles. The molecule has 0 amide bonds. The molecule has 6 aromatic rings. The van der Waals surface area contributed by atoms with Crippen molar-refractivity contribution in [2.24, 2.45) is 0 Å². The van der Waals surface area contributed by atoms with Gasteiger partial charge in [0, 0.05) is 18.6 Å². The average Bonchev–Trinajstić information content (AvgIpc) is 2.86. The Hall–Kier alpha value is -3.83. The van der Waals surface area contributed by atoms with Crippen molar-refractivity contribution in [1.29, 1.82) is 0 Å². The van der Waals surface area contributed by atoms with Crippen molar-refractivity contribution in [3.8, 4) is 17.2 Å². The summed E-state index contributed by atoms with van der Waals surface area (Å²) in [5, 5.41) is 36.1. The van der Waals surface area contributed by atoms with Gasteiger partial charge in [0.15, 0.2) is 0 Å². The minimum atomic E-state index is -0.0110. The molecule has 3 aromatic carbocycles. The van der Waals surface area contributed by atoms with E-state index < -0.39 is 0 Å². The van der Waals surface area contributed by atoms with Crippen LogP contribution in [0.2, 0.25) is 0 Å². The fourth-order valence-corrected chi connectivity index (χ4v) is 3.23. The summed E-state index contributed by atoms with van der Waals surface area (Å²) in [6.45, 7) is 0. The topological polar surface area (TPSA) is 108 Å². The molecular weight excluding hydrogens is 506 g/mol. The number of pyridine rings is 3. The summed E-state index contributed by atoms with van der Waals surface area (Å²) in [5.74, 6) is -0.0331. The number of hydrogen-bond acceptors (Lipinski definition) is 6. The molecular formula is C27H18N3O3Zr. The average molecular weight is 524 g/mol. The van der Waals surface area contributed by atoms with Gasteiger partial charge in [-0.05, 0) is 34.4 Å². The second-order valence-corrected chi connectivity index (χ2v) is 6.99. The largest absolute Gasteiger partial charge is 3.00 e. The zero-order chi connectivity index (χ0) is 23.0. The Bertz CT molecular complexity index is 1330. The Morgan fingerprint density at radius 2 is 0.647 bits per heavy atom. The number of aromatic nitrogens is 3. The molecule has 0 fully saturated rings. The quantitative estimate of drug-likeness (QED) is 0.299. The molecule has 0 bridgehead atoms. The Labute approximate surface area is 215 Å². The molecule has 0 N–H and O–H groups in total. The van der Waals surface area contributed by atoms with Crippen LogP contribution < -0.4 is 15.3 Å². The van der Waals surface area contributed by atoms with Crippen molar-refractivity contribution in [1.82, 2.24) is 15.0 Å². The number of para-hydroxylation sites is 3. The molecule has 0 unspecified atom stereocenters. The Balaban J connectivity index is 0.000000141. The summed E-state index contributed by atoms with van der Waals surface area (Å²) in [6.07, 6.45) is 4.89. The van der Waals surface area contributed by atoms with Crippen molar-refractivity contribution < 1.29 is 41.5 Å². The van der Waals surface area contributed by atoms with Crippen molar-refractivity contribution in [3.63, 3.8) is 0 Å². The monoisotopic (exact) mass is 522 g/mol. The number of rotatable bonds is 0. The molecule has 0 aliphatic carbocycles. The number of benzene rings is 3. The number of fused-ring (bicyclic) bond motifs is 3. The van der Waals surface area contributed by atoms with E-state index in [1.807, 2.05) is 54.6 Å². The Morgan fingerprint density at radius 3 is 0.912 bits per heavy atom. The maximum atomic E-state index is 11.1. The Kier molecular flexibility index (Phi) is 8.66. The van der Waals surface area contributed by atoms with Crippen LogP contribution in [0.25, 0.3) is 32.7 Å². The standard InChI is InChI=1S/3C9H7NO.Zr/c3*11-8-5-1-3-7-4-2-6-10-9(7)8;/h3*1-6,11H;/q;;;+3/p-3. The van der Waals surface area contributed by atoms with Gasteiger partial charge in [-0.25, -0.2) is 0 Å². The third-order valence-electron chi connectivity index (χ3n) is 4.79. The first-order valence-electron chi connectivity index (χ1n) is 10.2. The molecule has 34 heavy (non-hydrogen) atoms. The van der Waals surface area contributed by atoms with Gasteiger partial charge in [0.25, 0.3) is 0 Å². The van der Waals surface area contributed by atoms with Gasteiger partial charge in [0.05, 0.1) is 16.6 Å². The summed E-state index contributed by atoms with van der Waals surface area (Å²) in [7, 11) is 0. The van der Waals surface area contributed by atoms with Crippen LogP contribution in [0.1, 0.15) is 0 Å². The van der Waals surface area contributed by atoms with E-state index in [0.29, 0.717) is 16.6 Å². The van der Waals surface area contributed by atoms with Gasteiger partial charge in [-0.1, -0.05) is 90.0 Å². The second-order valence-electron chi connectivity index (χ2n) is 6.99. The molecule has 0 aliphatic heterocycles. The second kappa shape index (κ2) is 11.9. The third-order valence-corrected chi connectivity index (χ3v) is 4.79. The predicted molar refractivity (Wildman–Crippen MR) is 124 cm³/mol. The molecule has 0 aliphatic rings. The van der Waals surface area contributed by atoms with E-state index in [0.717, 1.165) is 16.2 Å². The molecule has 0 atom stereocenters. The van der Waals surface area contributed by atoms with Crippen LogP contribution >= 0.6 is 0 Å². The van der Waals surface area contributed by atoms with Crippen molar-refractivity contribution in [2.75, 3.05) is 0 Å². The number of nitrogens with zero attached hydrogens (tertiary/aromatic N) is 3. The zero-order valence-corrected chi connectivity index (χ0v) is 20.4. The van der Waals surface area contributed by atoms with E-state index in [2.05, 4.69) is 15.0 Å². The van der Waals surface area contributed by atoms with Crippen LogP contribution in [-0.4, -0.2) is 15.0 Å². The molecule has 7 heteroatoms. The first kappa shape index (κ1) is 24.8. The fraction of sp³-hybridized carbons (Fsp3) is 0. The van der Waals surface area contributed by atoms with Crippen molar-refractivity contribution in [2.45, 2.75) is 0 Å². The van der Waals surface area contributed by atoms with Crippen LogP contribution in [0.4, 0.5) is 0 Å². The van der Waals surface area contributed by atoms with Gasteiger partial charge in [0.2, 0.25) is 0 Å². The normalized spacial score (nSPS) is 9.88. The van der Waals surface area contributed by atoms with Crippen LogP contribution in [-0.2, 0) is 26.2 Å². The first-order valence-corrected chi connectivity index (χ1v) is 10.2. The van der Waals surface area contributed by atoms with Gasteiger partial charge in [-0.3, -0.25) is 15.0 Å². The van der Waals surface area contributed by atoms with E-state index in [4.69, 9.17) is 0 Å². The van der Waals surface area contributed by atoms with Crippen LogP contribution in [0.3, 0.4) is 0 Å². The molecule has 1 radical (unpaired) electrons. The minimum absolute atomic E-state index is 0. The van der Waals surface area contributed by atoms with Gasteiger partial charge in [-0.15, -0.1) is 0 Å². The van der Waals surface area contributed by atoms with Gasteiger partial charge < -0.3 is 15.3 Å². The maximum Gasteiger partial charge on any atom is 3.00 e. The molecule has 3 heterocycles. The SMILES string of the molecule is [O-]c1cccc2cccnc12.[O-]c1cccc2cccnc12.[O-]c1cccc2cccnc12.[Zr+3]. The van der Waals surface area contributed by atoms with E-state index in [9.17, 15) is 15.3 Å². The first-order chi connectivity index (χ1) is 16.1. The van der Waals surface area contributed by atoms with Gasteiger partial charge in [0.1, 0.15) is 0 Å². The van der Waals surface area contributed by atoms with E-state index in [-0.39, 0.29) is 43.5 Å². The van der Waals surface area contributed by atoms with E-state index in [1.165, 1.54) is 18.2 Å². The molecule has 0 spiro atoms. The van der Waals surface area contributed by atoms with Crippen LogP contribution in [0, 0.1) is 0 Å². The summed E-state index contributed by atoms with van der Waals surface area (Å²) in [6, 6.07) is 26.5. The zero-order valence-electron chi connectivity index (χ0n) is 18.0. The summed E-state index contributed by atoms with van der Waals surface area (Å²) in [4.78, 5) is 11.9. The molecule has 6 nitrogen and oxygen atoms in total. The van der Waals surface area contributed by atoms with E-state index in [1.54, 1.807) is 36.8 Å². The fourth-order valence-electron chi connectivity index (χ4n) is 3.23. The smallest absolute Gasteiger partial charge is 0.871 e. The van der Waals surface area contributed by atoms with Gasteiger partial charge in [-0.2, -0.15) is 0 Å². The minimum Gasteiger partial charge on any atom is -0.871 e. The molecule has 163 valence electrons. The molecule has 3 aromatic heterocycles. The number of hydrogen-bond donors (Lipinski definition) is 0. The van der Waals surface area contributed by atoms with E-state index >= 15 is 0 Å². The summed E-state index contributed by atoms with van der Waals surface area (Å²) in [5.41, 5.74) is 1.65. The summed E-state index contributed by atoms with van der Waals surface area (Å²) < 4.78 is 0. The van der Waals surface area contributed by atoms with Crippen LogP contribution in [0.5, 0.6) is 17.2 Å². The Morgan fingerprint density at radius 1 is 0.382 bits per heavy atom. The molecule has 0 saturated carbocycles. The summed E-state index contributed by atoms with van der Waals surface area (Å²) >= 11 is 0. The third kappa shape index (κ3) is 5.94. The van der Waals surface area contributed by atoms with Crippen LogP contribution in [0.15, 0.2) is 110 Å². The predicted octanol–water partition coefficient (Wildman–Crippen LogP) is 3.92. The maximum absolute atomic E-state index is 11.1. The van der Waals surface area contributed by atoms with Crippen molar-refractivity contribution in [3.05, 3.63) is 110 Å². The van der Waals surface area contributed by atoms with Crippen molar-refractivity contribution >= 4 is 32.7 Å². The molecule has 6 rings (SSSR count). The van der Waals surface area contributed by atoms with Gasteiger partial charge >= 0.3 is 26.2 Å².